The van der Waals surface area contributed by atoms with Gasteiger partial charge in [0.05, 0.1) is 18.1 Å². The number of rotatable bonds is 5. The zero-order chi connectivity index (χ0) is 23.0. The maximum atomic E-state index is 13.4. The first kappa shape index (κ1) is 22.1. The summed E-state index contributed by atoms with van der Waals surface area (Å²) in [6.07, 6.45) is 0.975. The fourth-order valence-electron chi connectivity index (χ4n) is 4.27. The predicted molar refractivity (Wildman–Crippen MR) is 122 cm³/mol. The number of hydrogen-bond acceptors (Lipinski definition) is 5. The lowest BCUT2D eigenvalue weighted by molar-refractivity contribution is 0.102. The largest absolute Gasteiger partial charge is 0.495 e. The van der Waals surface area contributed by atoms with Crippen molar-refractivity contribution in [2.45, 2.75) is 25.2 Å². The second-order valence-electron chi connectivity index (χ2n) is 8.43. The fourth-order valence-corrected chi connectivity index (χ4v) is 6.14. The van der Waals surface area contributed by atoms with Crippen molar-refractivity contribution in [3.63, 3.8) is 0 Å². The number of hydrogen-bond donors (Lipinski definition) is 3. The van der Waals surface area contributed by atoms with Gasteiger partial charge in [-0.2, -0.15) is 4.31 Å². The molecule has 0 unspecified atom stereocenters. The van der Waals surface area contributed by atoms with Gasteiger partial charge in [-0.3, -0.25) is 4.79 Å². The van der Waals surface area contributed by atoms with Crippen LogP contribution in [0.5, 0.6) is 5.75 Å². The van der Waals surface area contributed by atoms with E-state index in [1.165, 1.54) is 29.6 Å². The Kier molecular flexibility index (Phi) is 5.83. The van der Waals surface area contributed by atoms with Crippen molar-refractivity contribution in [1.29, 1.82) is 0 Å². The third-order valence-corrected chi connectivity index (χ3v) is 7.51. The highest BCUT2D eigenvalue weighted by Gasteiger charge is 2.34. The van der Waals surface area contributed by atoms with Gasteiger partial charge in [0.15, 0.2) is 0 Å². The molecule has 3 aromatic rings. The Morgan fingerprint density at radius 2 is 1.75 bits per heavy atom. The normalized spacial score (nSPS) is 19.7. The van der Waals surface area contributed by atoms with Gasteiger partial charge in [-0.25, -0.2) is 13.2 Å². The minimum atomic E-state index is -3.84. The van der Waals surface area contributed by atoms with Crippen molar-refractivity contribution in [1.82, 2.24) is 14.3 Å². The van der Waals surface area contributed by atoms with Crippen molar-refractivity contribution in [3.05, 3.63) is 52.4 Å². The molecule has 9 nitrogen and oxygen atoms in total. The van der Waals surface area contributed by atoms with Gasteiger partial charge in [0.2, 0.25) is 10.0 Å². The van der Waals surface area contributed by atoms with E-state index in [2.05, 4.69) is 15.3 Å². The number of ether oxygens (including phenoxy) is 1. The maximum Gasteiger partial charge on any atom is 0.323 e. The maximum absolute atomic E-state index is 13.4. The number of fused-ring (bicyclic) bond motifs is 1. The number of methoxy groups -OCH3 is 1. The Hall–Kier alpha value is -3.11. The predicted octanol–water partition coefficient (Wildman–Crippen LogP) is 2.78. The Morgan fingerprint density at radius 1 is 1.06 bits per heavy atom. The molecular formula is C22H26N4O5S. The summed E-state index contributed by atoms with van der Waals surface area (Å²) >= 11 is 0. The van der Waals surface area contributed by atoms with Crippen LogP contribution in [0.4, 0.5) is 5.69 Å². The highest BCUT2D eigenvalue weighted by atomic mass is 32.2. The van der Waals surface area contributed by atoms with Crippen LogP contribution in [-0.2, 0) is 10.0 Å². The van der Waals surface area contributed by atoms with Crippen molar-refractivity contribution in [2.24, 2.45) is 11.8 Å². The molecule has 0 saturated carbocycles. The zero-order valence-corrected chi connectivity index (χ0v) is 19.0. The molecule has 1 aliphatic heterocycles. The first-order valence-electron chi connectivity index (χ1n) is 10.4. The van der Waals surface area contributed by atoms with Gasteiger partial charge in [-0.15, -0.1) is 0 Å². The van der Waals surface area contributed by atoms with Crippen molar-refractivity contribution in [3.8, 4) is 5.75 Å². The van der Waals surface area contributed by atoms with Crippen LogP contribution in [-0.4, -0.2) is 48.8 Å². The standard InChI is InChI=1S/C22H26N4O5S/c1-13-8-14(2)12-26(11-13)32(29,30)20-9-15(4-7-19(20)31-3)21(27)23-16-5-6-17-18(10-16)25-22(28)24-17/h4-7,9-10,13-14H,8,11-12H2,1-3H3,(H,23,27)(H2,24,25,28)/t13-,14-/m1/s1. The summed E-state index contributed by atoms with van der Waals surface area (Å²) < 4.78 is 33.6. The summed E-state index contributed by atoms with van der Waals surface area (Å²) in [5.41, 5.74) is 1.49. The fraction of sp³-hybridized carbons (Fsp3) is 0.364. The molecule has 1 aromatic heterocycles. The number of amides is 1. The van der Waals surface area contributed by atoms with Gasteiger partial charge in [0.25, 0.3) is 5.91 Å². The van der Waals surface area contributed by atoms with Crippen LogP contribution >= 0.6 is 0 Å². The van der Waals surface area contributed by atoms with Crippen LogP contribution in [0.15, 0.2) is 46.1 Å². The van der Waals surface area contributed by atoms with Crippen molar-refractivity contribution < 1.29 is 17.9 Å². The summed E-state index contributed by atoms with van der Waals surface area (Å²) in [4.78, 5) is 29.6. The van der Waals surface area contributed by atoms with E-state index in [0.29, 0.717) is 29.8 Å². The van der Waals surface area contributed by atoms with Crippen LogP contribution in [0.2, 0.25) is 0 Å². The van der Waals surface area contributed by atoms with E-state index in [1.54, 1.807) is 18.2 Å². The van der Waals surface area contributed by atoms with E-state index in [1.807, 2.05) is 13.8 Å². The summed E-state index contributed by atoms with van der Waals surface area (Å²) in [5, 5.41) is 2.75. The van der Waals surface area contributed by atoms with Crippen LogP contribution < -0.4 is 15.7 Å². The minimum Gasteiger partial charge on any atom is -0.495 e. The van der Waals surface area contributed by atoms with E-state index in [-0.39, 0.29) is 33.7 Å². The molecule has 0 radical (unpaired) electrons. The number of carbonyl (C=O) groups is 1. The SMILES string of the molecule is COc1ccc(C(=O)Nc2ccc3[nH]c(=O)[nH]c3c2)cc1S(=O)(=O)N1C[C@H](C)C[C@@H](C)C1. The lowest BCUT2D eigenvalue weighted by Gasteiger charge is -2.34. The number of nitrogens with one attached hydrogen (secondary N) is 3. The number of aromatic amines is 2. The minimum absolute atomic E-state index is 0.0284. The average Bonchev–Trinajstić information content (AvgIpc) is 3.11. The number of carbonyl (C=O) groups excluding carboxylic acids is 1. The summed E-state index contributed by atoms with van der Waals surface area (Å²) in [7, 11) is -2.44. The third kappa shape index (κ3) is 4.28. The molecule has 10 heteroatoms. The molecule has 2 aromatic carbocycles. The van der Waals surface area contributed by atoms with Gasteiger partial charge < -0.3 is 20.0 Å². The first-order chi connectivity index (χ1) is 15.2. The highest BCUT2D eigenvalue weighted by Crippen LogP contribution is 2.32. The van der Waals surface area contributed by atoms with Gasteiger partial charge >= 0.3 is 5.69 Å². The quantitative estimate of drug-likeness (QED) is 0.542. The van der Waals surface area contributed by atoms with Crippen molar-refractivity contribution >= 4 is 32.7 Å². The Morgan fingerprint density at radius 3 is 2.44 bits per heavy atom. The number of nitrogens with zero attached hydrogens (tertiary/aromatic N) is 1. The molecule has 0 spiro atoms. The Labute approximate surface area is 185 Å². The molecule has 32 heavy (non-hydrogen) atoms. The Balaban J connectivity index is 1.64. The Bertz CT molecular complexity index is 1320. The monoisotopic (exact) mass is 458 g/mol. The number of imidazole rings is 1. The van der Waals surface area contributed by atoms with Crippen LogP contribution in [0, 0.1) is 11.8 Å². The molecule has 1 fully saturated rings. The van der Waals surface area contributed by atoms with Crippen molar-refractivity contribution in [2.75, 3.05) is 25.5 Å². The number of piperidine rings is 1. The van der Waals surface area contributed by atoms with E-state index in [0.717, 1.165) is 6.42 Å². The molecule has 2 atom stereocenters. The second-order valence-corrected chi connectivity index (χ2v) is 10.3. The average molecular weight is 459 g/mol. The summed E-state index contributed by atoms with van der Waals surface area (Å²) in [6.45, 7) is 4.93. The van der Waals surface area contributed by atoms with Crippen LogP contribution in [0.1, 0.15) is 30.6 Å². The molecule has 3 N–H and O–H groups in total. The topological polar surface area (TPSA) is 124 Å². The van der Waals surface area contributed by atoms with E-state index < -0.39 is 15.9 Å². The first-order valence-corrected chi connectivity index (χ1v) is 11.8. The molecular weight excluding hydrogens is 432 g/mol. The lowest BCUT2D eigenvalue weighted by atomic mass is 9.94. The number of sulfonamides is 1. The van der Waals surface area contributed by atoms with E-state index in [4.69, 9.17) is 4.74 Å². The van der Waals surface area contributed by atoms with Crippen LogP contribution in [0.25, 0.3) is 11.0 Å². The molecule has 1 aliphatic rings. The number of H-pyrrole nitrogens is 2. The smallest absolute Gasteiger partial charge is 0.323 e. The van der Waals surface area contributed by atoms with Crippen LogP contribution in [0.3, 0.4) is 0 Å². The van der Waals surface area contributed by atoms with Gasteiger partial charge in [-0.1, -0.05) is 13.8 Å². The van der Waals surface area contributed by atoms with Gasteiger partial charge in [0.1, 0.15) is 10.6 Å². The molecule has 4 rings (SSSR count). The number of anilines is 1. The number of benzene rings is 2. The molecule has 0 aliphatic carbocycles. The van der Waals surface area contributed by atoms with E-state index in [9.17, 15) is 18.0 Å². The molecule has 2 heterocycles. The molecule has 1 amide bonds. The number of aromatic nitrogens is 2. The second kappa shape index (κ2) is 8.44. The van der Waals surface area contributed by atoms with E-state index >= 15 is 0 Å². The highest BCUT2D eigenvalue weighted by molar-refractivity contribution is 7.89. The van der Waals surface area contributed by atoms with Gasteiger partial charge in [-0.05, 0) is 54.7 Å². The van der Waals surface area contributed by atoms with Gasteiger partial charge in [0, 0.05) is 24.3 Å². The molecule has 1 saturated heterocycles. The summed E-state index contributed by atoms with van der Waals surface area (Å²) in [6, 6.07) is 9.32. The third-order valence-electron chi connectivity index (χ3n) is 5.65. The lowest BCUT2D eigenvalue weighted by Crippen LogP contribution is -2.42. The zero-order valence-electron chi connectivity index (χ0n) is 18.1. The molecule has 0 bridgehead atoms. The molecule has 170 valence electrons. The summed E-state index contributed by atoms with van der Waals surface area (Å²) in [5.74, 6) is 0.224.